The highest BCUT2D eigenvalue weighted by molar-refractivity contribution is 7.16. The van der Waals surface area contributed by atoms with Crippen molar-refractivity contribution < 1.29 is 4.42 Å². The Morgan fingerprint density at radius 2 is 2.16 bits per heavy atom. The van der Waals surface area contributed by atoms with Crippen molar-refractivity contribution in [1.29, 1.82) is 0 Å². The number of rotatable bonds is 4. The Labute approximate surface area is 116 Å². The van der Waals surface area contributed by atoms with E-state index < -0.39 is 0 Å². The third kappa shape index (κ3) is 2.69. The number of hydrogen-bond donors (Lipinski definition) is 1. The van der Waals surface area contributed by atoms with Gasteiger partial charge in [0.1, 0.15) is 11.5 Å². The minimum absolute atomic E-state index is 0.460. The number of benzene rings is 1. The van der Waals surface area contributed by atoms with Crippen molar-refractivity contribution in [1.82, 2.24) is 10.3 Å². The minimum atomic E-state index is 0.460. The van der Waals surface area contributed by atoms with Crippen molar-refractivity contribution in [2.24, 2.45) is 0 Å². The predicted octanol–water partition coefficient (Wildman–Crippen LogP) is 4.05. The summed E-state index contributed by atoms with van der Waals surface area (Å²) in [5, 5.41) is 3.35. The molecule has 98 valence electrons. The lowest BCUT2D eigenvalue weighted by atomic mass is 10.2. The van der Waals surface area contributed by atoms with E-state index in [0.29, 0.717) is 6.04 Å². The number of furan rings is 1. The van der Waals surface area contributed by atoms with Gasteiger partial charge in [-0.2, -0.15) is 0 Å². The van der Waals surface area contributed by atoms with Crippen molar-refractivity contribution in [2.75, 3.05) is 0 Å². The van der Waals surface area contributed by atoms with Crippen LogP contribution in [-0.4, -0.2) is 11.0 Å². The molecule has 0 aliphatic rings. The monoisotopic (exact) mass is 272 g/mol. The van der Waals surface area contributed by atoms with E-state index in [0.717, 1.165) is 29.1 Å². The van der Waals surface area contributed by atoms with Gasteiger partial charge in [-0.15, -0.1) is 11.3 Å². The predicted molar refractivity (Wildman–Crippen MR) is 79.3 cm³/mol. The molecule has 3 nitrogen and oxygen atoms in total. The molecule has 0 radical (unpaired) electrons. The minimum Gasteiger partial charge on any atom is -0.460 e. The van der Waals surface area contributed by atoms with Crippen LogP contribution in [0.3, 0.4) is 0 Å². The van der Waals surface area contributed by atoms with Gasteiger partial charge < -0.3 is 9.73 Å². The fourth-order valence-corrected chi connectivity index (χ4v) is 2.66. The fraction of sp³-hybridized carbons (Fsp3) is 0.267. The second kappa shape index (κ2) is 5.15. The highest BCUT2D eigenvalue weighted by Crippen LogP contribution is 2.27. The summed E-state index contributed by atoms with van der Waals surface area (Å²) in [7, 11) is 0. The molecule has 0 atom stereocenters. The van der Waals surface area contributed by atoms with Crippen LogP contribution in [0.1, 0.15) is 19.6 Å². The Balaban J connectivity index is 1.85. The van der Waals surface area contributed by atoms with Crippen LogP contribution in [0.2, 0.25) is 0 Å². The Hall–Kier alpha value is -1.65. The zero-order valence-corrected chi connectivity index (χ0v) is 11.8. The summed E-state index contributed by atoms with van der Waals surface area (Å²) < 4.78 is 7.06. The van der Waals surface area contributed by atoms with Gasteiger partial charge in [-0.1, -0.05) is 13.8 Å². The molecule has 2 heterocycles. The van der Waals surface area contributed by atoms with Crippen molar-refractivity contribution in [3.05, 3.63) is 41.6 Å². The highest BCUT2D eigenvalue weighted by Gasteiger charge is 2.07. The van der Waals surface area contributed by atoms with Crippen LogP contribution in [0.25, 0.3) is 21.5 Å². The summed E-state index contributed by atoms with van der Waals surface area (Å²) in [6, 6.07) is 10.7. The summed E-state index contributed by atoms with van der Waals surface area (Å²) in [5.41, 5.74) is 4.02. The molecule has 0 spiro atoms. The smallest absolute Gasteiger partial charge is 0.134 e. The Morgan fingerprint density at radius 1 is 1.26 bits per heavy atom. The van der Waals surface area contributed by atoms with E-state index in [1.165, 1.54) is 4.70 Å². The van der Waals surface area contributed by atoms with E-state index in [9.17, 15) is 0 Å². The van der Waals surface area contributed by atoms with Crippen LogP contribution < -0.4 is 5.32 Å². The first-order valence-electron chi connectivity index (χ1n) is 6.38. The second-order valence-corrected chi connectivity index (χ2v) is 5.72. The molecule has 19 heavy (non-hydrogen) atoms. The van der Waals surface area contributed by atoms with Gasteiger partial charge in [-0.3, -0.25) is 0 Å². The normalized spacial score (nSPS) is 11.5. The lowest BCUT2D eigenvalue weighted by Gasteiger charge is -2.05. The SMILES string of the molecule is CC(C)NCc1ccc(-c2ccc3ncsc3c2)o1. The van der Waals surface area contributed by atoms with E-state index in [1.807, 2.05) is 23.7 Å². The molecule has 4 heteroatoms. The number of aromatic nitrogens is 1. The van der Waals surface area contributed by atoms with Gasteiger partial charge in [-0.25, -0.2) is 4.98 Å². The van der Waals surface area contributed by atoms with Crippen LogP contribution in [0.4, 0.5) is 0 Å². The van der Waals surface area contributed by atoms with Crippen molar-refractivity contribution in [2.45, 2.75) is 26.4 Å². The number of fused-ring (bicyclic) bond motifs is 1. The van der Waals surface area contributed by atoms with Gasteiger partial charge in [0, 0.05) is 11.6 Å². The fourth-order valence-electron chi connectivity index (χ4n) is 1.94. The van der Waals surface area contributed by atoms with Crippen LogP contribution in [0.15, 0.2) is 40.3 Å². The average molecular weight is 272 g/mol. The largest absolute Gasteiger partial charge is 0.460 e. The lowest BCUT2D eigenvalue weighted by Crippen LogP contribution is -2.21. The quantitative estimate of drug-likeness (QED) is 0.778. The van der Waals surface area contributed by atoms with Gasteiger partial charge in [0.05, 0.1) is 22.3 Å². The van der Waals surface area contributed by atoms with Crippen LogP contribution >= 0.6 is 11.3 Å². The van der Waals surface area contributed by atoms with Gasteiger partial charge in [-0.05, 0) is 30.3 Å². The number of nitrogens with zero attached hydrogens (tertiary/aromatic N) is 1. The summed E-state index contributed by atoms with van der Waals surface area (Å²) >= 11 is 1.65. The maximum absolute atomic E-state index is 5.87. The molecule has 0 aliphatic heterocycles. The number of hydrogen-bond acceptors (Lipinski definition) is 4. The van der Waals surface area contributed by atoms with Crippen molar-refractivity contribution in [3.63, 3.8) is 0 Å². The Kier molecular flexibility index (Phi) is 3.36. The zero-order chi connectivity index (χ0) is 13.2. The highest BCUT2D eigenvalue weighted by atomic mass is 32.1. The molecule has 0 fully saturated rings. The first-order valence-corrected chi connectivity index (χ1v) is 7.26. The van der Waals surface area contributed by atoms with Crippen LogP contribution in [0.5, 0.6) is 0 Å². The molecule has 0 saturated carbocycles. The molecule has 0 aliphatic carbocycles. The van der Waals surface area contributed by atoms with Gasteiger partial charge in [0.2, 0.25) is 0 Å². The first-order chi connectivity index (χ1) is 9.22. The molecular weight excluding hydrogens is 256 g/mol. The molecule has 0 saturated heterocycles. The molecular formula is C15H16N2OS. The average Bonchev–Trinajstić information content (AvgIpc) is 3.04. The molecule has 0 unspecified atom stereocenters. The maximum Gasteiger partial charge on any atom is 0.134 e. The molecule has 0 amide bonds. The second-order valence-electron chi connectivity index (χ2n) is 4.84. The van der Waals surface area contributed by atoms with E-state index in [4.69, 9.17) is 4.42 Å². The first kappa shape index (κ1) is 12.4. The van der Waals surface area contributed by atoms with Gasteiger partial charge in [0.25, 0.3) is 0 Å². The molecule has 0 bridgehead atoms. The van der Waals surface area contributed by atoms with Gasteiger partial charge >= 0.3 is 0 Å². The van der Waals surface area contributed by atoms with Crippen molar-refractivity contribution >= 4 is 21.6 Å². The third-order valence-electron chi connectivity index (χ3n) is 2.96. The van der Waals surface area contributed by atoms with Gasteiger partial charge in [0.15, 0.2) is 0 Å². The Bertz CT molecular complexity index is 684. The Morgan fingerprint density at radius 3 is 3.00 bits per heavy atom. The topological polar surface area (TPSA) is 38.1 Å². The van der Waals surface area contributed by atoms with E-state index in [1.54, 1.807) is 11.3 Å². The summed E-state index contributed by atoms with van der Waals surface area (Å²) in [6.45, 7) is 5.02. The summed E-state index contributed by atoms with van der Waals surface area (Å²) in [4.78, 5) is 4.29. The molecule has 1 aromatic carbocycles. The third-order valence-corrected chi connectivity index (χ3v) is 3.75. The molecule has 2 aromatic heterocycles. The molecule has 3 rings (SSSR count). The van der Waals surface area contributed by atoms with Crippen LogP contribution in [-0.2, 0) is 6.54 Å². The summed E-state index contributed by atoms with van der Waals surface area (Å²) in [6.07, 6.45) is 0. The summed E-state index contributed by atoms with van der Waals surface area (Å²) in [5.74, 6) is 1.88. The van der Waals surface area contributed by atoms with E-state index in [-0.39, 0.29) is 0 Å². The molecule has 1 N–H and O–H groups in total. The van der Waals surface area contributed by atoms with E-state index in [2.05, 4.69) is 36.3 Å². The lowest BCUT2D eigenvalue weighted by molar-refractivity contribution is 0.473. The van der Waals surface area contributed by atoms with E-state index >= 15 is 0 Å². The van der Waals surface area contributed by atoms with Crippen molar-refractivity contribution in [3.8, 4) is 11.3 Å². The number of thiazole rings is 1. The zero-order valence-electron chi connectivity index (χ0n) is 11.0. The number of nitrogens with one attached hydrogen (secondary N) is 1. The maximum atomic E-state index is 5.87. The van der Waals surface area contributed by atoms with Crippen LogP contribution in [0, 0.1) is 0 Å². The molecule has 3 aromatic rings. The standard InChI is InChI=1S/C15H16N2OS/c1-10(2)16-8-12-4-6-14(18-12)11-3-5-13-15(7-11)19-9-17-13/h3-7,9-10,16H,8H2,1-2H3.